The molecule has 0 aliphatic rings. The minimum absolute atomic E-state index is 0.259. The number of halogens is 1. The number of hydrogen-bond donors (Lipinski definition) is 2. The van der Waals surface area contributed by atoms with E-state index in [1.807, 2.05) is 6.92 Å². The first kappa shape index (κ1) is 14.8. The summed E-state index contributed by atoms with van der Waals surface area (Å²) in [6.07, 6.45) is 1.49. The van der Waals surface area contributed by atoms with Crippen LogP contribution in [0.25, 0.3) is 0 Å². The number of carbonyl (C=O) groups is 1. The van der Waals surface area contributed by atoms with E-state index in [1.165, 1.54) is 31.5 Å². The third kappa shape index (κ3) is 3.28. The second kappa shape index (κ2) is 6.21. The van der Waals surface area contributed by atoms with Crippen molar-refractivity contribution in [3.05, 3.63) is 47.5 Å². The van der Waals surface area contributed by atoms with Crippen molar-refractivity contribution >= 4 is 17.3 Å². The van der Waals surface area contributed by atoms with Gasteiger partial charge in [0.2, 0.25) is 0 Å². The Balaban J connectivity index is 2.30. The molecule has 6 heteroatoms. The smallest absolute Gasteiger partial charge is 0.259 e. The highest BCUT2D eigenvalue weighted by Gasteiger charge is 2.14. The summed E-state index contributed by atoms with van der Waals surface area (Å²) < 4.78 is 18.2. The first-order valence-electron chi connectivity index (χ1n) is 6.34. The van der Waals surface area contributed by atoms with Crippen LogP contribution in [-0.4, -0.2) is 25.0 Å². The van der Waals surface area contributed by atoms with E-state index in [4.69, 9.17) is 4.74 Å². The fourth-order valence-corrected chi connectivity index (χ4v) is 1.91. The summed E-state index contributed by atoms with van der Waals surface area (Å²) in [4.78, 5) is 16.4. The molecule has 0 aliphatic carbocycles. The van der Waals surface area contributed by atoms with Crippen LogP contribution in [-0.2, 0) is 0 Å². The number of nitrogens with zero attached hydrogens (tertiary/aromatic N) is 1. The summed E-state index contributed by atoms with van der Waals surface area (Å²) in [5.41, 5.74) is 2.26. The monoisotopic (exact) mass is 289 g/mol. The molecule has 1 aromatic heterocycles. The van der Waals surface area contributed by atoms with Crippen LogP contribution in [0.3, 0.4) is 0 Å². The van der Waals surface area contributed by atoms with Crippen molar-refractivity contribution in [1.82, 2.24) is 4.98 Å². The Morgan fingerprint density at radius 3 is 2.71 bits per heavy atom. The van der Waals surface area contributed by atoms with E-state index in [9.17, 15) is 9.18 Å². The average molecular weight is 289 g/mol. The van der Waals surface area contributed by atoms with Crippen molar-refractivity contribution in [2.75, 3.05) is 24.8 Å². The molecule has 21 heavy (non-hydrogen) atoms. The first-order valence-corrected chi connectivity index (χ1v) is 6.34. The van der Waals surface area contributed by atoms with E-state index in [0.29, 0.717) is 16.9 Å². The number of hydrogen-bond acceptors (Lipinski definition) is 4. The normalized spacial score (nSPS) is 10.1. The predicted octanol–water partition coefficient (Wildman–Crippen LogP) is 2.83. The fraction of sp³-hybridized carbons (Fsp3) is 0.200. The minimum Gasteiger partial charge on any atom is -0.494 e. The number of pyridine rings is 1. The van der Waals surface area contributed by atoms with Gasteiger partial charge in [-0.2, -0.15) is 0 Å². The molecular formula is C15H16FN3O2. The molecule has 0 unspecified atom stereocenters. The van der Waals surface area contributed by atoms with Gasteiger partial charge in [-0.05, 0) is 25.1 Å². The zero-order valence-corrected chi connectivity index (χ0v) is 12.0. The fourth-order valence-electron chi connectivity index (χ4n) is 1.91. The highest BCUT2D eigenvalue weighted by molar-refractivity contribution is 6.08. The summed E-state index contributed by atoms with van der Waals surface area (Å²) in [5.74, 6) is -0.524. The lowest BCUT2D eigenvalue weighted by Crippen LogP contribution is -2.15. The number of aromatic nitrogens is 1. The molecule has 0 spiro atoms. The van der Waals surface area contributed by atoms with Gasteiger partial charge in [-0.1, -0.05) is 0 Å². The highest BCUT2D eigenvalue weighted by Crippen LogP contribution is 2.26. The third-order valence-corrected chi connectivity index (χ3v) is 2.97. The molecule has 1 amide bonds. The number of nitrogens with one attached hydrogen (secondary N) is 2. The van der Waals surface area contributed by atoms with E-state index < -0.39 is 5.82 Å². The number of methoxy groups -OCH3 is 1. The van der Waals surface area contributed by atoms with E-state index in [2.05, 4.69) is 15.6 Å². The van der Waals surface area contributed by atoms with Gasteiger partial charge in [0, 0.05) is 25.0 Å². The molecule has 0 radical (unpaired) electrons. The summed E-state index contributed by atoms with van der Waals surface area (Å²) in [7, 11) is 3.14. The van der Waals surface area contributed by atoms with Crippen LogP contribution in [0.1, 0.15) is 16.1 Å². The highest BCUT2D eigenvalue weighted by atomic mass is 19.1. The van der Waals surface area contributed by atoms with Crippen molar-refractivity contribution in [1.29, 1.82) is 0 Å². The lowest BCUT2D eigenvalue weighted by Gasteiger charge is -2.12. The third-order valence-electron chi connectivity index (χ3n) is 2.97. The maximum atomic E-state index is 13.1. The number of ether oxygens (including phenoxy) is 1. The van der Waals surface area contributed by atoms with Crippen molar-refractivity contribution in [2.45, 2.75) is 6.92 Å². The standard InChI is InChI=1S/C15H16FN3O2/c1-9-6-13(17-2)11(8-18-9)15(20)19-12-5-4-10(16)7-14(12)21-3/h4-8H,1-3H3,(H,17,18)(H,19,20). The number of anilines is 2. The molecule has 1 heterocycles. The van der Waals surface area contributed by atoms with E-state index >= 15 is 0 Å². The van der Waals surface area contributed by atoms with Crippen LogP contribution >= 0.6 is 0 Å². The van der Waals surface area contributed by atoms with Gasteiger partial charge >= 0.3 is 0 Å². The number of rotatable bonds is 4. The lowest BCUT2D eigenvalue weighted by atomic mass is 10.2. The van der Waals surface area contributed by atoms with Gasteiger partial charge in [0.05, 0.1) is 24.0 Å². The van der Waals surface area contributed by atoms with Crippen LogP contribution < -0.4 is 15.4 Å². The van der Waals surface area contributed by atoms with Crippen molar-refractivity contribution in [2.24, 2.45) is 0 Å². The Morgan fingerprint density at radius 2 is 2.05 bits per heavy atom. The van der Waals surface area contributed by atoms with Crippen LogP contribution in [0.15, 0.2) is 30.5 Å². The largest absolute Gasteiger partial charge is 0.494 e. The molecule has 1 aromatic carbocycles. The summed E-state index contributed by atoms with van der Waals surface area (Å²) >= 11 is 0. The number of aryl methyl sites for hydroxylation is 1. The van der Waals surface area contributed by atoms with Gasteiger partial charge in [-0.3, -0.25) is 9.78 Å². The molecule has 2 rings (SSSR count). The Labute approximate surface area is 122 Å². The van der Waals surface area contributed by atoms with E-state index in [0.717, 1.165) is 5.69 Å². The second-order valence-corrected chi connectivity index (χ2v) is 4.42. The lowest BCUT2D eigenvalue weighted by molar-refractivity contribution is 0.102. The second-order valence-electron chi connectivity index (χ2n) is 4.42. The SMILES string of the molecule is CNc1cc(C)ncc1C(=O)Nc1ccc(F)cc1OC. The topological polar surface area (TPSA) is 63.2 Å². The van der Waals surface area contributed by atoms with Gasteiger partial charge in [-0.15, -0.1) is 0 Å². The predicted molar refractivity (Wildman–Crippen MR) is 79.4 cm³/mol. The molecule has 2 N–H and O–H groups in total. The van der Waals surface area contributed by atoms with Crippen LogP contribution in [0.4, 0.5) is 15.8 Å². The quantitative estimate of drug-likeness (QED) is 0.908. The molecule has 0 bridgehead atoms. The summed E-state index contributed by atoms with van der Waals surface area (Å²) in [6, 6.07) is 5.69. The molecule has 0 aliphatic heterocycles. The molecule has 5 nitrogen and oxygen atoms in total. The molecule has 110 valence electrons. The molecule has 0 atom stereocenters. The Hall–Kier alpha value is -2.63. The number of benzene rings is 1. The molecule has 0 saturated carbocycles. The molecule has 0 saturated heterocycles. The van der Waals surface area contributed by atoms with Crippen LogP contribution in [0, 0.1) is 12.7 Å². The zero-order valence-electron chi connectivity index (χ0n) is 12.0. The van der Waals surface area contributed by atoms with Gasteiger partial charge in [0.1, 0.15) is 11.6 Å². The Bertz CT molecular complexity index is 674. The van der Waals surface area contributed by atoms with Crippen LogP contribution in [0.2, 0.25) is 0 Å². The minimum atomic E-state index is -0.433. The van der Waals surface area contributed by atoms with E-state index in [-0.39, 0.29) is 11.7 Å². The molecule has 0 fully saturated rings. The van der Waals surface area contributed by atoms with Crippen molar-refractivity contribution in [3.63, 3.8) is 0 Å². The van der Waals surface area contributed by atoms with Crippen LogP contribution in [0.5, 0.6) is 5.75 Å². The number of carbonyl (C=O) groups excluding carboxylic acids is 1. The van der Waals surface area contributed by atoms with Gasteiger partial charge in [-0.25, -0.2) is 4.39 Å². The van der Waals surface area contributed by atoms with Crippen molar-refractivity contribution < 1.29 is 13.9 Å². The number of amides is 1. The van der Waals surface area contributed by atoms with Gasteiger partial charge in [0.25, 0.3) is 5.91 Å². The Kier molecular flexibility index (Phi) is 4.37. The zero-order chi connectivity index (χ0) is 15.4. The Morgan fingerprint density at radius 1 is 1.29 bits per heavy atom. The maximum absolute atomic E-state index is 13.1. The first-order chi connectivity index (χ1) is 10.0. The van der Waals surface area contributed by atoms with Gasteiger partial charge < -0.3 is 15.4 Å². The maximum Gasteiger partial charge on any atom is 0.259 e. The van der Waals surface area contributed by atoms with Crippen molar-refractivity contribution in [3.8, 4) is 5.75 Å². The summed E-state index contributed by atoms with van der Waals surface area (Å²) in [6.45, 7) is 1.84. The summed E-state index contributed by atoms with van der Waals surface area (Å²) in [5, 5.41) is 5.64. The molecular weight excluding hydrogens is 273 g/mol. The van der Waals surface area contributed by atoms with Gasteiger partial charge in [0.15, 0.2) is 0 Å². The van der Waals surface area contributed by atoms with E-state index in [1.54, 1.807) is 13.1 Å². The average Bonchev–Trinajstić information content (AvgIpc) is 2.48. The molecule has 2 aromatic rings.